The van der Waals surface area contributed by atoms with Gasteiger partial charge in [0.2, 0.25) is 11.8 Å². The highest BCUT2D eigenvalue weighted by molar-refractivity contribution is 5.81. The van der Waals surface area contributed by atoms with Crippen LogP contribution in [0.1, 0.15) is 38.2 Å². The van der Waals surface area contributed by atoms with Crippen molar-refractivity contribution in [2.24, 2.45) is 5.92 Å². The summed E-state index contributed by atoms with van der Waals surface area (Å²) in [5, 5.41) is 2.90. The summed E-state index contributed by atoms with van der Waals surface area (Å²) in [6.45, 7) is 4.77. The highest BCUT2D eigenvalue weighted by Crippen LogP contribution is 2.34. The molecular weight excluding hydrogens is 320 g/mol. The second-order valence-electron chi connectivity index (χ2n) is 6.52. The van der Waals surface area contributed by atoms with E-state index >= 15 is 0 Å². The fourth-order valence-electron chi connectivity index (χ4n) is 2.94. The van der Waals surface area contributed by atoms with Gasteiger partial charge in [0.15, 0.2) is 11.5 Å². The molecule has 136 valence electrons. The number of carbonyl (C=O) groups excluding carboxylic acids is 2. The minimum Gasteiger partial charge on any atom is -0.486 e. The van der Waals surface area contributed by atoms with Crippen LogP contribution in [0.4, 0.5) is 0 Å². The number of hydrogen-bond donors (Lipinski definition) is 1. The average Bonchev–Trinajstić information content (AvgIpc) is 3.48. The first-order valence-corrected chi connectivity index (χ1v) is 9.12. The molecule has 6 nitrogen and oxygen atoms in total. The van der Waals surface area contributed by atoms with E-state index in [1.165, 1.54) is 0 Å². The van der Waals surface area contributed by atoms with Gasteiger partial charge >= 0.3 is 0 Å². The van der Waals surface area contributed by atoms with Gasteiger partial charge in [0.05, 0.1) is 0 Å². The lowest BCUT2D eigenvalue weighted by atomic mass is 10.1. The highest BCUT2D eigenvalue weighted by Gasteiger charge is 2.29. The quantitative estimate of drug-likeness (QED) is 0.732. The maximum absolute atomic E-state index is 12.5. The molecule has 0 unspecified atom stereocenters. The molecule has 2 amide bonds. The van der Waals surface area contributed by atoms with E-state index in [0.29, 0.717) is 45.7 Å². The molecular formula is C19H26N2O4. The molecule has 0 aromatic heterocycles. The Balaban J connectivity index is 1.49. The monoisotopic (exact) mass is 346 g/mol. The second kappa shape index (κ2) is 8.23. The number of amides is 2. The van der Waals surface area contributed by atoms with E-state index in [9.17, 15) is 9.59 Å². The zero-order valence-electron chi connectivity index (χ0n) is 14.8. The van der Waals surface area contributed by atoms with E-state index < -0.39 is 0 Å². The van der Waals surface area contributed by atoms with Crippen molar-refractivity contribution in [2.45, 2.75) is 39.2 Å². The number of nitrogens with zero attached hydrogens (tertiary/aromatic N) is 1. The van der Waals surface area contributed by atoms with Gasteiger partial charge in [-0.3, -0.25) is 9.59 Å². The molecule has 0 spiro atoms. The van der Waals surface area contributed by atoms with E-state index in [1.54, 1.807) is 0 Å². The summed E-state index contributed by atoms with van der Waals surface area (Å²) in [6, 6.07) is 5.78. The third kappa shape index (κ3) is 4.65. The van der Waals surface area contributed by atoms with Crippen molar-refractivity contribution in [3.63, 3.8) is 0 Å². The first-order valence-electron chi connectivity index (χ1n) is 9.12. The standard InChI is InChI=1S/C19H26N2O4/c1-2-21(17(22)7-4-10-20-19(23)14-8-9-14)13-15-5-3-6-16-18(15)25-12-11-24-16/h3,5-6,14H,2,4,7-13H2,1H3,(H,20,23). The maximum Gasteiger partial charge on any atom is 0.223 e. The van der Waals surface area contributed by atoms with Gasteiger partial charge in [-0.25, -0.2) is 0 Å². The normalized spacial score (nSPS) is 15.6. The lowest BCUT2D eigenvalue weighted by Gasteiger charge is -2.25. The van der Waals surface area contributed by atoms with Crippen LogP contribution in [0.5, 0.6) is 11.5 Å². The number of ether oxygens (including phenoxy) is 2. The molecule has 1 heterocycles. The number of para-hydroxylation sites is 1. The minimum absolute atomic E-state index is 0.0949. The van der Waals surface area contributed by atoms with Crippen molar-refractivity contribution in [1.29, 1.82) is 0 Å². The fraction of sp³-hybridized carbons (Fsp3) is 0.579. The van der Waals surface area contributed by atoms with Gasteiger partial charge in [0.1, 0.15) is 13.2 Å². The molecule has 0 atom stereocenters. The lowest BCUT2D eigenvalue weighted by Crippen LogP contribution is -2.32. The number of benzene rings is 1. The Morgan fingerprint density at radius 1 is 1.24 bits per heavy atom. The average molecular weight is 346 g/mol. The van der Waals surface area contributed by atoms with E-state index in [1.807, 2.05) is 30.0 Å². The first kappa shape index (κ1) is 17.6. The first-order chi connectivity index (χ1) is 12.2. The Bertz CT molecular complexity index is 628. The summed E-state index contributed by atoms with van der Waals surface area (Å²) in [6.07, 6.45) is 3.11. The zero-order valence-corrected chi connectivity index (χ0v) is 14.8. The van der Waals surface area contributed by atoms with E-state index in [-0.39, 0.29) is 17.7 Å². The highest BCUT2D eigenvalue weighted by atomic mass is 16.6. The number of fused-ring (bicyclic) bond motifs is 1. The van der Waals surface area contributed by atoms with Crippen molar-refractivity contribution in [3.05, 3.63) is 23.8 Å². The van der Waals surface area contributed by atoms with Crippen molar-refractivity contribution in [1.82, 2.24) is 10.2 Å². The number of rotatable bonds is 8. The number of nitrogens with one attached hydrogen (secondary N) is 1. The van der Waals surface area contributed by atoms with Crippen molar-refractivity contribution in [2.75, 3.05) is 26.3 Å². The van der Waals surface area contributed by atoms with Crippen LogP contribution in [0.15, 0.2) is 18.2 Å². The van der Waals surface area contributed by atoms with Crippen molar-refractivity contribution in [3.8, 4) is 11.5 Å². The van der Waals surface area contributed by atoms with Crippen LogP contribution in [0.2, 0.25) is 0 Å². The molecule has 6 heteroatoms. The van der Waals surface area contributed by atoms with Gasteiger partial charge in [-0.05, 0) is 32.3 Å². The Morgan fingerprint density at radius 2 is 2.04 bits per heavy atom. The van der Waals surface area contributed by atoms with Gasteiger partial charge in [0, 0.05) is 37.5 Å². The van der Waals surface area contributed by atoms with Crippen LogP contribution in [-0.2, 0) is 16.1 Å². The lowest BCUT2D eigenvalue weighted by molar-refractivity contribution is -0.132. The Labute approximate surface area is 148 Å². The molecule has 1 aromatic rings. The molecule has 1 aliphatic heterocycles. The third-order valence-electron chi connectivity index (χ3n) is 4.56. The summed E-state index contributed by atoms with van der Waals surface area (Å²) in [4.78, 5) is 25.9. The molecule has 1 fully saturated rings. The van der Waals surface area contributed by atoms with Crippen LogP contribution < -0.4 is 14.8 Å². The summed E-state index contributed by atoms with van der Waals surface area (Å²) in [5.41, 5.74) is 0.967. The van der Waals surface area contributed by atoms with E-state index in [2.05, 4.69) is 5.32 Å². The van der Waals surface area contributed by atoms with Gasteiger partial charge < -0.3 is 19.7 Å². The van der Waals surface area contributed by atoms with E-state index in [0.717, 1.165) is 29.9 Å². The molecule has 0 bridgehead atoms. The van der Waals surface area contributed by atoms with Crippen LogP contribution in [0, 0.1) is 5.92 Å². The molecule has 1 aliphatic carbocycles. The summed E-state index contributed by atoms with van der Waals surface area (Å²) >= 11 is 0. The van der Waals surface area contributed by atoms with Crippen molar-refractivity contribution >= 4 is 11.8 Å². The van der Waals surface area contributed by atoms with Gasteiger partial charge in [-0.1, -0.05) is 12.1 Å². The molecule has 2 aliphatic rings. The third-order valence-corrected chi connectivity index (χ3v) is 4.56. The summed E-state index contributed by atoms with van der Waals surface area (Å²) in [5.74, 6) is 1.94. The van der Waals surface area contributed by atoms with Gasteiger partial charge in [-0.15, -0.1) is 0 Å². The summed E-state index contributed by atoms with van der Waals surface area (Å²) < 4.78 is 11.3. The van der Waals surface area contributed by atoms with Gasteiger partial charge in [0.25, 0.3) is 0 Å². The van der Waals surface area contributed by atoms with Gasteiger partial charge in [-0.2, -0.15) is 0 Å². The fourth-order valence-corrected chi connectivity index (χ4v) is 2.94. The van der Waals surface area contributed by atoms with Crippen LogP contribution in [0.25, 0.3) is 0 Å². The molecule has 1 N–H and O–H groups in total. The molecule has 1 aromatic carbocycles. The predicted molar refractivity (Wildman–Crippen MR) is 93.5 cm³/mol. The Hall–Kier alpha value is -2.24. The van der Waals surface area contributed by atoms with Crippen LogP contribution in [0.3, 0.4) is 0 Å². The van der Waals surface area contributed by atoms with E-state index in [4.69, 9.17) is 9.47 Å². The number of hydrogen-bond acceptors (Lipinski definition) is 4. The zero-order chi connectivity index (χ0) is 17.6. The largest absolute Gasteiger partial charge is 0.486 e. The summed E-state index contributed by atoms with van der Waals surface area (Å²) in [7, 11) is 0. The molecule has 3 rings (SSSR count). The SMILES string of the molecule is CCN(Cc1cccc2c1OCCO2)C(=O)CCCNC(=O)C1CC1. The predicted octanol–water partition coefficient (Wildman–Crippen LogP) is 2.11. The molecule has 0 radical (unpaired) electrons. The van der Waals surface area contributed by atoms with Crippen molar-refractivity contribution < 1.29 is 19.1 Å². The minimum atomic E-state index is 0.0949. The smallest absolute Gasteiger partial charge is 0.223 e. The molecule has 0 saturated heterocycles. The maximum atomic E-state index is 12.5. The topological polar surface area (TPSA) is 67.9 Å². The Kier molecular flexibility index (Phi) is 5.79. The second-order valence-corrected chi connectivity index (χ2v) is 6.52. The van der Waals surface area contributed by atoms with Crippen LogP contribution >= 0.6 is 0 Å². The number of carbonyl (C=O) groups is 2. The molecule has 1 saturated carbocycles. The van der Waals surface area contributed by atoms with Crippen LogP contribution in [-0.4, -0.2) is 43.0 Å². The molecule has 25 heavy (non-hydrogen) atoms. The Morgan fingerprint density at radius 3 is 2.80 bits per heavy atom.